The Balaban J connectivity index is 1.96. The summed E-state index contributed by atoms with van der Waals surface area (Å²) in [4.78, 5) is 13.5. The van der Waals surface area contributed by atoms with Crippen LogP contribution in [0.1, 0.15) is 27.7 Å². The lowest BCUT2D eigenvalue weighted by atomic mass is 9.83. The molecule has 3 heterocycles. The molecule has 20 heavy (non-hydrogen) atoms. The minimum Gasteiger partial charge on any atom is -0.398 e. The van der Waals surface area contributed by atoms with Crippen molar-refractivity contribution >= 4 is 24.0 Å². The molecule has 0 saturated carbocycles. The third-order valence-electron chi connectivity index (χ3n) is 3.89. The van der Waals surface area contributed by atoms with Crippen molar-refractivity contribution in [1.29, 1.82) is 0 Å². The summed E-state index contributed by atoms with van der Waals surface area (Å²) >= 11 is 1.54. The molecule has 0 radical (unpaired) electrons. The zero-order valence-electron chi connectivity index (χ0n) is 12.0. The van der Waals surface area contributed by atoms with Crippen LogP contribution in [0, 0.1) is 0 Å². The Bertz CT molecular complexity index is 599. The molecule has 0 aliphatic carbocycles. The predicted molar refractivity (Wildman–Crippen MR) is 78.9 cm³/mol. The lowest BCUT2D eigenvalue weighted by Crippen LogP contribution is -2.41. The molecule has 0 aromatic carbocycles. The summed E-state index contributed by atoms with van der Waals surface area (Å²) in [6.07, 6.45) is 5.06. The van der Waals surface area contributed by atoms with Crippen LogP contribution in [0.25, 0.3) is 10.4 Å². The lowest BCUT2D eigenvalue weighted by molar-refractivity contribution is 0.00578. The molecule has 2 aromatic rings. The molecule has 0 N–H and O–H groups in total. The number of thiazole rings is 1. The van der Waals surface area contributed by atoms with Crippen LogP contribution in [0.5, 0.6) is 0 Å². The second kappa shape index (κ2) is 4.61. The zero-order valence-corrected chi connectivity index (χ0v) is 12.8. The molecule has 0 atom stereocenters. The van der Waals surface area contributed by atoms with Crippen LogP contribution in [-0.4, -0.2) is 33.3 Å². The summed E-state index contributed by atoms with van der Waals surface area (Å²) < 4.78 is 12.1. The van der Waals surface area contributed by atoms with Gasteiger partial charge in [-0.3, -0.25) is 4.98 Å². The molecular weight excluding hydrogens is 273 g/mol. The van der Waals surface area contributed by atoms with Crippen molar-refractivity contribution in [1.82, 2.24) is 15.0 Å². The molecule has 1 saturated heterocycles. The van der Waals surface area contributed by atoms with E-state index in [1.54, 1.807) is 17.9 Å². The van der Waals surface area contributed by atoms with E-state index in [0.29, 0.717) is 0 Å². The molecule has 0 spiro atoms. The minimum atomic E-state index is -0.457. The first-order valence-corrected chi connectivity index (χ1v) is 7.33. The highest BCUT2D eigenvalue weighted by molar-refractivity contribution is 7.14. The highest BCUT2D eigenvalue weighted by Gasteiger charge is 2.53. The fourth-order valence-electron chi connectivity index (χ4n) is 2.01. The third kappa shape index (κ3) is 2.15. The predicted octanol–water partition coefficient (Wildman–Crippen LogP) is 1.90. The van der Waals surface area contributed by atoms with Gasteiger partial charge in [0.1, 0.15) is 6.33 Å². The van der Waals surface area contributed by atoms with Crippen molar-refractivity contribution in [3.05, 3.63) is 24.2 Å². The van der Waals surface area contributed by atoms with E-state index in [1.807, 2.05) is 27.7 Å². The van der Waals surface area contributed by atoms with Crippen LogP contribution in [0.15, 0.2) is 24.2 Å². The van der Waals surface area contributed by atoms with E-state index in [0.717, 1.165) is 16.0 Å². The van der Waals surface area contributed by atoms with Gasteiger partial charge in [-0.05, 0) is 27.7 Å². The third-order valence-corrected chi connectivity index (χ3v) is 4.79. The number of hydrogen-bond acceptors (Lipinski definition) is 6. The Morgan fingerprint density at radius 1 is 1.05 bits per heavy atom. The van der Waals surface area contributed by atoms with Crippen molar-refractivity contribution < 1.29 is 9.31 Å². The summed E-state index contributed by atoms with van der Waals surface area (Å²) in [6, 6.07) is 0. The summed E-state index contributed by atoms with van der Waals surface area (Å²) in [5.41, 5.74) is 2.78. The Morgan fingerprint density at radius 3 is 2.25 bits per heavy atom. The van der Waals surface area contributed by atoms with Gasteiger partial charge >= 0.3 is 7.12 Å². The molecule has 1 aliphatic heterocycles. The van der Waals surface area contributed by atoms with Crippen LogP contribution in [0.3, 0.4) is 0 Å². The van der Waals surface area contributed by atoms with Gasteiger partial charge in [0.15, 0.2) is 0 Å². The minimum absolute atomic E-state index is 0.369. The van der Waals surface area contributed by atoms with Crippen LogP contribution in [0.4, 0.5) is 0 Å². The first kappa shape index (κ1) is 13.7. The average molecular weight is 289 g/mol. The fourth-order valence-corrected chi connectivity index (χ4v) is 2.79. The normalized spacial score (nSPS) is 20.3. The Hall–Kier alpha value is -1.31. The molecule has 0 bridgehead atoms. The molecule has 0 amide bonds. The number of rotatable bonds is 2. The van der Waals surface area contributed by atoms with E-state index in [-0.39, 0.29) is 11.2 Å². The van der Waals surface area contributed by atoms with Gasteiger partial charge < -0.3 is 9.31 Å². The summed E-state index contributed by atoms with van der Waals surface area (Å²) in [6.45, 7) is 8.13. The maximum Gasteiger partial charge on any atom is 0.516 e. The highest BCUT2D eigenvalue weighted by Crippen LogP contribution is 2.37. The molecule has 0 unspecified atom stereocenters. The van der Waals surface area contributed by atoms with Crippen molar-refractivity contribution in [3.63, 3.8) is 0 Å². The maximum atomic E-state index is 6.05. The van der Waals surface area contributed by atoms with E-state index in [9.17, 15) is 0 Å². The van der Waals surface area contributed by atoms with E-state index in [4.69, 9.17) is 9.31 Å². The van der Waals surface area contributed by atoms with Crippen LogP contribution in [0.2, 0.25) is 0 Å². The zero-order chi connectivity index (χ0) is 14.4. The molecule has 3 rings (SSSR count). The van der Waals surface area contributed by atoms with Gasteiger partial charge in [-0.25, -0.2) is 9.97 Å². The largest absolute Gasteiger partial charge is 0.516 e. The molecular formula is C13H16BN3O2S. The maximum absolute atomic E-state index is 6.05. The van der Waals surface area contributed by atoms with Gasteiger partial charge in [0.05, 0.1) is 27.2 Å². The Kier molecular flexibility index (Phi) is 3.15. The van der Waals surface area contributed by atoms with Crippen molar-refractivity contribution in [2.45, 2.75) is 38.9 Å². The molecule has 104 valence electrons. The highest BCUT2D eigenvalue weighted by atomic mass is 32.1. The van der Waals surface area contributed by atoms with E-state index >= 15 is 0 Å². The second-order valence-corrected chi connectivity index (χ2v) is 6.64. The van der Waals surface area contributed by atoms with Crippen LogP contribution in [-0.2, 0) is 9.31 Å². The molecule has 2 aromatic heterocycles. The van der Waals surface area contributed by atoms with Crippen molar-refractivity contribution in [2.24, 2.45) is 0 Å². The Morgan fingerprint density at radius 2 is 1.65 bits per heavy atom. The quantitative estimate of drug-likeness (QED) is 0.790. The molecule has 1 fully saturated rings. The van der Waals surface area contributed by atoms with Crippen LogP contribution < -0.4 is 5.59 Å². The summed E-state index contributed by atoms with van der Waals surface area (Å²) in [5, 5.41) is 0. The smallest absolute Gasteiger partial charge is 0.398 e. The number of nitrogens with zero attached hydrogens (tertiary/aromatic N) is 3. The molecule has 1 aliphatic rings. The number of aromatic nitrogens is 3. The lowest BCUT2D eigenvalue weighted by Gasteiger charge is -2.32. The van der Waals surface area contributed by atoms with E-state index < -0.39 is 7.12 Å². The van der Waals surface area contributed by atoms with Gasteiger partial charge in [0.25, 0.3) is 0 Å². The topological polar surface area (TPSA) is 57.1 Å². The van der Waals surface area contributed by atoms with Gasteiger partial charge in [0.2, 0.25) is 0 Å². The molecule has 5 nitrogen and oxygen atoms in total. The first-order chi connectivity index (χ1) is 9.41. The van der Waals surface area contributed by atoms with Gasteiger partial charge in [-0.1, -0.05) is 0 Å². The second-order valence-electron chi connectivity index (χ2n) is 5.78. The summed E-state index contributed by atoms with van der Waals surface area (Å²) in [5.74, 6) is 0. The fraction of sp³-hybridized carbons (Fsp3) is 0.462. The van der Waals surface area contributed by atoms with Gasteiger partial charge in [-0.2, -0.15) is 0 Å². The monoisotopic (exact) mass is 289 g/mol. The first-order valence-electron chi connectivity index (χ1n) is 6.45. The molecule has 7 heteroatoms. The van der Waals surface area contributed by atoms with Crippen LogP contribution >= 0.6 is 11.3 Å². The van der Waals surface area contributed by atoms with Crippen molar-refractivity contribution in [3.8, 4) is 10.4 Å². The number of hydrogen-bond donors (Lipinski definition) is 0. The standard InChI is InChI=1S/C13H16BN3O2S/c1-12(2)13(3,4)19-14(18-12)11-10(20-8-17-11)9-5-15-7-16-6-9/h5-8H,1-4H3. The van der Waals surface area contributed by atoms with Gasteiger partial charge in [-0.15, -0.1) is 11.3 Å². The summed E-state index contributed by atoms with van der Waals surface area (Å²) in [7, 11) is -0.457. The average Bonchev–Trinajstić information content (AvgIpc) is 2.94. The van der Waals surface area contributed by atoms with E-state index in [2.05, 4.69) is 15.0 Å². The Labute approximate surface area is 122 Å². The van der Waals surface area contributed by atoms with Gasteiger partial charge in [0, 0.05) is 18.0 Å². The SMILES string of the molecule is CC1(C)OB(c2ncsc2-c2cncnc2)OC1(C)C. The van der Waals surface area contributed by atoms with Crippen molar-refractivity contribution in [2.75, 3.05) is 0 Å². The van der Waals surface area contributed by atoms with E-state index in [1.165, 1.54) is 17.7 Å².